The van der Waals surface area contributed by atoms with Crippen molar-refractivity contribution >= 4 is 41.4 Å². The molecule has 3 rings (SSSR count). The van der Waals surface area contributed by atoms with Crippen LogP contribution >= 0.6 is 11.6 Å². The number of carbonyl (C=O) groups excluding carboxylic acids is 4. The molecule has 254 valence electrons. The highest BCUT2D eigenvalue weighted by Crippen LogP contribution is 2.26. The highest BCUT2D eigenvalue weighted by Gasteiger charge is 2.37. The highest BCUT2D eigenvalue weighted by atomic mass is 35.5. The first-order chi connectivity index (χ1) is 22.2. The van der Waals surface area contributed by atoms with Gasteiger partial charge < -0.3 is 24.8 Å². The molecule has 1 aliphatic heterocycles. The zero-order valence-corrected chi connectivity index (χ0v) is 28.4. The Hall–Kier alpha value is -4.18. The number of hydrogen-bond donors (Lipinski definition) is 2. The number of cyclic esters (lactones) is 2. The first-order valence-electron chi connectivity index (χ1n) is 15.6. The third-order valence-corrected chi connectivity index (χ3v) is 7.99. The molecule has 1 aliphatic rings. The van der Waals surface area contributed by atoms with Crippen molar-refractivity contribution in [1.29, 1.82) is 0 Å². The lowest BCUT2D eigenvalue weighted by Crippen LogP contribution is -2.51. The van der Waals surface area contributed by atoms with Crippen LogP contribution in [-0.2, 0) is 35.1 Å². The Morgan fingerprint density at radius 1 is 1.06 bits per heavy atom. The number of halogens is 2. The maximum atomic E-state index is 13.5. The summed E-state index contributed by atoms with van der Waals surface area (Å²) in [5.74, 6) is -2.67. The Balaban J connectivity index is 1.93. The lowest BCUT2D eigenvalue weighted by molar-refractivity contribution is -0.178. The van der Waals surface area contributed by atoms with Gasteiger partial charge in [-0.25, -0.2) is 9.18 Å². The molecule has 2 amide bonds. The Morgan fingerprint density at radius 2 is 1.77 bits per heavy atom. The molecule has 0 saturated heterocycles. The Morgan fingerprint density at radius 3 is 2.40 bits per heavy atom. The summed E-state index contributed by atoms with van der Waals surface area (Å²) in [7, 11) is 1.49. The average molecular weight is 671 g/mol. The molecule has 0 spiro atoms. The molecule has 0 aliphatic carbocycles. The molecule has 4 atom stereocenters. The Labute approximate surface area is 280 Å². The van der Waals surface area contributed by atoms with Gasteiger partial charge in [-0.15, -0.1) is 0 Å². The van der Waals surface area contributed by atoms with E-state index in [-0.39, 0.29) is 43.5 Å². The summed E-state index contributed by atoms with van der Waals surface area (Å²) < 4.78 is 30.3. The van der Waals surface area contributed by atoms with Crippen LogP contribution in [0.3, 0.4) is 0 Å². The highest BCUT2D eigenvalue weighted by molar-refractivity contribution is 6.32. The van der Waals surface area contributed by atoms with Crippen molar-refractivity contribution in [3.05, 3.63) is 82.7 Å². The summed E-state index contributed by atoms with van der Waals surface area (Å²) in [5.41, 5.74) is 0.215. The molecule has 11 heteroatoms. The van der Waals surface area contributed by atoms with E-state index in [0.29, 0.717) is 16.3 Å². The number of carbonyl (C=O) groups is 4. The minimum atomic E-state index is -1.22. The van der Waals surface area contributed by atoms with Crippen LogP contribution in [0.15, 0.2) is 60.7 Å². The van der Waals surface area contributed by atoms with E-state index in [4.69, 9.17) is 25.8 Å². The fourth-order valence-electron chi connectivity index (χ4n) is 4.78. The van der Waals surface area contributed by atoms with Crippen molar-refractivity contribution in [3.63, 3.8) is 0 Å². The molecule has 2 aromatic carbocycles. The lowest BCUT2D eigenvalue weighted by atomic mass is 9.93. The van der Waals surface area contributed by atoms with Gasteiger partial charge in [0.05, 0.1) is 17.5 Å². The minimum Gasteiger partial charge on any atom is -0.495 e. The third-order valence-electron chi connectivity index (χ3n) is 7.70. The summed E-state index contributed by atoms with van der Waals surface area (Å²) in [5, 5.41) is 5.84. The normalized spacial score (nSPS) is 22.6. The first kappa shape index (κ1) is 37.3. The van der Waals surface area contributed by atoms with Crippen molar-refractivity contribution in [1.82, 2.24) is 10.6 Å². The van der Waals surface area contributed by atoms with E-state index in [1.807, 2.05) is 26.8 Å². The molecule has 1 heterocycles. The van der Waals surface area contributed by atoms with Gasteiger partial charge in [0.15, 0.2) is 6.10 Å². The minimum absolute atomic E-state index is 0.00110. The van der Waals surface area contributed by atoms with Gasteiger partial charge in [0.25, 0.3) is 0 Å². The van der Waals surface area contributed by atoms with Gasteiger partial charge in [0.1, 0.15) is 23.7 Å². The smallest absolute Gasteiger partial charge is 0.347 e. The molecule has 47 heavy (non-hydrogen) atoms. The molecule has 0 fully saturated rings. The van der Waals surface area contributed by atoms with Crippen molar-refractivity contribution in [3.8, 4) is 5.75 Å². The fraction of sp³-hybridized carbons (Fsp3) is 0.444. The maximum absolute atomic E-state index is 13.5. The van der Waals surface area contributed by atoms with Crippen molar-refractivity contribution in [2.24, 2.45) is 17.3 Å². The molecule has 0 saturated carbocycles. The van der Waals surface area contributed by atoms with Crippen LogP contribution in [0.5, 0.6) is 5.75 Å². The van der Waals surface area contributed by atoms with Gasteiger partial charge in [-0.05, 0) is 67.7 Å². The third kappa shape index (κ3) is 11.5. The number of amides is 2. The number of esters is 2. The van der Waals surface area contributed by atoms with Gasteiger partial charge in [0, 0.05) is 25.3 Å². The van der Waals surface area contributed by atoms with E-state index < -0.39 is 47.4 Å². The molecular formula is C36H44ClFN2O7. The predicted octanol–water partition coefficient (Wildman–Crippen LogP) is 5.84. The topological polar surface area (TPSA) is 120 Å². The monoisotopic (exact) mass is 670 g/mol. The second-order valence-electron chi connectivity index (χ2n) is 12.7. The quantitative estimate of drug-likeness (QED) is 0.339. The van der Waals surface area contributed by atoms with E-state index in [9.17, 15) is 23.6 Å². The van der Waals surface area contributed by atoms with Gasteiger partial charge >= 0.3 is 11.9 Å². The fourth-order valence-corrected chi connectivity index (χ4v) is 5.06. The number of hydrogen-bond acceptors (Lipinski definition) is 7. The zero-order valence-electron chi connectivity index (χ0n) is 27.7. The number of methoxy groups -OCH3 is 1. The van der Waals surface area contributed by atoms with Crippen LogP contribution in [0.4, 0.5) is 4.39 Å². The van der Waals surface area contributed by atoms with Crippen LogP contribution < -0.4 is 15.4 Å². The predicted molar refractivity (Wildman–Crippen MR) is 178 cm³/mol. The van der Waals surface area contributed by atoms with Gasteiger partial charge in [-0.1, -0.05) is 68.8 Å². The van der Waals surface area contributed by atoms with E-state index in [1.165, 1.54) is 25.3 Å². The number of rotatable bonds is 8. The molecule has 0 unspecified atom stereocenters. The SMILES string of the molecule is COc1ccc(C[C@H]2NC(=O)/C=C/C[C@@H]([C@H](C)/C=C/c3ccc(F)cc3)OC(=O)[C@H](CC(C)C)OC(=O)C(C)(C)CNC2=O)cc1Cl. The summed E-state index contributed by atoms with van der Waals surface area (Å²) in [4.78, 5) is 53.3. The van der Waals surface area contributed by atoms with Gasteiger partial charge in [-0.3, -0.25) is 14.4 Å². The van der Waals surface area contributed by atoms with Crippen molar-refractivity contribution in [2.45, 2.75) is 72.1 Å². The van der Waals surface area contributed by atoms with E-state index in [0.717, 1.165) is 5.56 Å². The summed E-state index contributed by atoms with van der Waals surface area (Å²) in [6.07, 6.45) is 5.03. The largest absolute Gasteiger partial charge is 0.495 e. The number of ether oxygens (including phenoxy) is 3. The van der Waals surface area contributed by atoms with Crippen molar-refractivity contribution < 1.29 is 37.8 Å². The Kier molecular flexibility index (Phi) is 13.6. The standard InChI is InChI=1S/C36H44ClFN2O7/c1-22(2)18-31-34(43)46-29(23(3)10-11-24-12-15-26(38)16-13-24)8-7-9-32(41)40-28(20-25-14-17-30(45-6)27(37)19-25)33(42)39-21-36(4,5)35(44)47-31/h7,9-17,19,22-23,28-29,31H,8,18,20-21H2,1-6H3,(H,39,42)(H,40,41)/b9-7+,11-10+/t23-,28-,29+,31+/m1/s1. The van der Waals surface area contributed by atoms with Crippen LogP contribution in [0.2, 0.25) is 5.02 Å². The first-order valence-corrected chi connectivity index (χ1v) is 16.0. The second-order valence-corrected chi connectivity index (χ2v) is 13.1. The molecule has 0 bridgehead atoms. The summed E-state index contributed by atoms with van der Waals surface area (Å²) in [6.45, 7) is 8.72. The van der Waals surface area contributed by atoms with Gasteiger partial charge in [-0.2, -0.15) is 0 Å². The molecule has 2 aromatic rings. The van der Waals surface area contributed by atoms with Crippen molar-refractivity contribution in [2.75, 3.05) is 13.7 Å². The lowest BCUT2D eigenvalue weighted by Gasteiger charge is -2.29. The Bertz CT molecular complexity index is 1470. The summed E-state index contributed by atoms with van der Waals surface area (Å²) >= 11 is 6.30. The van der Waals surface area contributed by atoms with Crippen LogP contribution in [0, 0.1) is 23.1 Å². The summed E-state index contributed by atoms with van der Waals surface area (Å²) in [6, 6.07) is 10.0. The molecule has 0 radical (unpaired) electrons. The number of benzene rings is 2. The number of nitrogens with one attached hydrogen (secondary N) is 2. The van der Waals surface area contributed by atoms with Crippen LogP contribution in [0.25, 0.3) is 6.08 Å². The maximum Gasteiger partial charge on any atom is 0.347 e. The second kappa shape index (κ2) is 17.1. The molecule has 2 N–H and O–H groups in total. The molecule has 0 aromatic heterocycles. The van der Waals surface area contributed by atoms with Crippen LogP contribution in [-0.4, -0.2) is 55.7 Å². The zero-order chi connectivity index (χ0) is 34.7. The van der Waals surface area contributed by atoms with E-state index in [1.54, 1.807) is 56.3 Å². The van der Waals surface area contributed by atoms with E-state index >= 15 is 0 Å². The molecule has 9 nitrogen and oxygen atoms in total. The van der Waals surface area contributed by atoms with Gasteiger partial charge in [0.2, 0.25) is 11.8 Å². The molecular weight excluding hydrogens is 627 g/mol. The average Bonchev–Trinajstić information content (AvgIpc) is 3.01. The van der Waals surface area contributed by atoms with Crippen LogP contribution in [0.1, 0.15) is 58.6 Å². The van der Waals surface area contributed by atoms with E-state index in [2.05, 4.69) is 10.6 Å².